The number of carbonyl (C=O) groups is 1. The standard InChI is InChI=1S/C22H25N5O2S/c1-12-13(2)30-22-19(12)20(16-8-6-15(7-9-16)5-4-10-23)24-17(11-18(28)29)21-26-25-14(3)27(21)22/h6-9,17H,4-5,10-11,23H2,1-3H3,(H,28,29)/t17-/m1/s1. The molecule has 0 saturated carbocycles. The number of fused-ring (bicyclic) bond motifs is 3. The number of hydrogen-bond donors (Lipinski definition) is 2. The van der Waals surface area contributed by atoms with Crippen LogP contribution >= 0.6 is 11.3 Å². The first kappa shape index (κ1) is 20.4. The van der Waals surface area contributed by atoms with Crippen molar-refractivity contribution in [3.05, 3.63) is 63.0 Å². The molecule has 8 heteroatoms. The summed E-state index contributed by atoms with van der Waals surface area (Å²) in [6.07, 6.45) is 1.75. The molecule has 1 atom stereocenters. The van der Waals surface area contributed by atoms with Gasteiger partial charge in [0.05, 0.1) is 12.1 Å². The van der Waals surface area contributed by atoms with Crippen molar-refractivity contribution in [1.82, 2.24) is 14.8 Å². The van der Waals surface area contributed by atoms with E-state index in [0.29, 0.717) is 12.4 Å². The lowest BCUT2D eigenvalue weighted by atomic mass is 9.98. The minimum absolute atomic E-state index is 0.136. The fourth-order valence-corrected chi connectivity index (χ4v) is 5.04. The van der Waals surface area contributed by atoms with E-state index in [-0.39, 0.29) is 6.42 Å². The highest BCUT2D eigenvalue weighted by molar-refractivity contribution is 7.15. The monoisotopic (exact) mass is 423 g/mol. The molecule has 0 radical (unpaired) electrons. The van der Waals surface area contributed by atoms with E-state index in [1.165, 1.54) is 10.4 Å². The summed E-state index contributed by atoms with van der Waals surface area (Å²) in [4.78, 5) is 17.7. The van der Waals surface area contributed by atoms with Crippen LogP contribution in [0.1, 0.15) is 57.7 Å². The molecule has 3 N–H and O–H groups in total. The Morgan fingerprint density at radius 3 is 2.60 bits per heavy atom. The zero-order chi connectivity index (χ0) is 21.4. The second kappa shape index (κ2) is 8.12. The van der Waals surface area contributed by atoms with Gasteiger partial charge in [-0.3, -0.25) is 14.4 Å². The minimum atomic E-state index is -0.911. The van der Waals surface area contributed by atoms with Crippen molar-refractivity contribution in [2.24, 2.45) is 10.7 Å². The molecule has 0 aliphatic carbocycles. The van der Waals surface area contributed by atoms with Gasteiger partial charge in [0.2, 0.25) is 0 Å². The molecule has 3 heterocycles. The van der Waals surface area contributed by atoms with Gasteiger partial charge < -0.3 is 10.8 Å². The van der Waals surface area contributed by atoms with Crippen molar-refractivity contribution in [3.63, 3.8) is 0 Å². The van der Waals surface area contributed by atoms with E-state index in [9.17, 15) is 9.90 Å². The molecule has 0 saturated heterocycles. The summed E-state index contributed by atoms with van der Waals surface area (Å²) in [6.45, 7) is 6.74. The van der Waals surface area contributed by atoms with E-state index in [1.54, 1.807) is 11.3 Å². The predicted molar refractivity (Wildman–Crippen MR) is 118 cm³/mol. The number of benzene rings is 1. The zero-order valence-corrected chi connectivity index (χ0v) is 18.2. The van der Waals surface area contributed by atoms with E-state index in [2.05, 4.69) is 48.3 Å². The molecule has 1 aromatic carbocycles. The van der Waals surface area contributed by atoms with Crippen LogP contribution in [0.2, 0.25) is 0 Å². The molecule has 3 aromatic rings. The van der Waals surface area contributed by atoms with Gasteiger partial charge in [-0.05, 0) is 51.3 Å². The number of aliphatic carboxylic acids is 1. The van der Waals surface area contributed by atoms with Crippen molar-refractivity contribution >= 4 is 23.0 Å². The molecule has 0 unspecified atom stereocenters. The Labute approximate surface area is 179 Å². The molecule has 1 aliphatic rings. The van der Waals surface area contributed by atoms with Gasteiger partial charge in [0.15, 0.2) is 5.82 Å². The fraction of sp³-hybridized carbons (Fsp3) is 0.364. The third-order valence-electron chi connectivity index (χ3n) is 5.50. The van der Waals surface area contributed by atoms with E-state index in [4.69, 9.17) is 10.7 Å². The molecule has 0 spiro atoms. The Morgan fingerprint density at radius 1 is 1.20 bits per heavy atom. The number of hydrogen-bond acceptors (Lipinski definition) is 6. The van der Waals surface area contributed by atoms with Gasteiger partial charge in [-0.15, -0.1) is 21.5 Å². The van der Waals surface area contributed by atoms with E-state index >= 15 is 0 Å². The first-order valence-corrected chi connectivity index (χ1v) is 10.8. The third-order valence-corrected chi connectivity index (χ3v) is 6.70. The van der Waals surface area contributed by atoms with Gasteiger partial charge in [0.25, 0.3) is 0 Å². The number of thiophene rings is 1. The van der Waals surface area contributed by atoms with Crippen LogP contribution in [0, 0.1) is 20.8 Å². The maximum Gasteiger partial charge on any atom is 0.306 e. The lowest BCUT2D eigenvalue weighted by Crippen LogP contribution is -2.10. The Morgan fingerprint density at radius 2 is 1.93 bits per heavy atom. The van der Waals surface area contributed by atoms with Gasteiger partial charge in [0.1, 0.15) is 16.9 Å². The van der Waals surface area contributed by atoms with Crippen molar-refractivity contribution < 1.29 is 9.90 Å². The predicted octanol–water partition coefficient (Wildman–Crippen LogP) is 3.51. The molecule has 7 nitrogen and oxygen atoms in total. The summed E-state index contributed by atoms with van der Waals surface area (Å²) >= 11 is 1.67. The molecule has 2 aromatic heterocycles. The number of carboxylic acids is 1. The molecule has 156 valence electrons. The first-order chi connectivity index (χ1) is 14.4. The second-order valence-corrected chi connectivity index (χ2v) is 8.79. The second-order valence-electron chi connectivity index (χ2n) is 7.58. The third kappa shape index (κ3) is 3.57. The average Bonchev–Trinajstić information content (AvgIpc) is 3.19. The Kier molecular flexibility index (Phi) is 5.53. The molecular formula is C22H25N5O2S. The first-order valence-electron chi connectivity index (χ1n) is 10.0. The van der Waals surface area contributed by atoms with Crippen LogP contribution in [-0.4, -0.2) is 38.1 Å². The maximum atomic E-state index is 11.6. The fourth-order valence-electron chi connectivity index (χ4n) is 3.83. The lowest BCUT2D eigenvalue weighted by molar-refractivity contribution is -0.137. The van der Waals surface area contributed by atoms with Gasteiger partial charge >= 0.3 is 5.97 Å². The largest absolute Gasteiger partial charge is 0.481 e. The highest BCUT2D eigenvalue weighted by Crippen LogP contribution is 2.39. The maximum absolute atomic E-state index is 11.6. The smallest absolute Gasteiger partial charge is 0.306 e. The summed E-state index contributed by atoms with van der Waals surface area (Å²) < 4.78 is 1.97. The number of aryl methyl sites for hydroxylation is 3. The van der Waals surface area contributed by atoms with Gasteiger partial charge in [0, 0.05) is 16.0 Å². The topological polar surface area (TPSA) is 106 Å². The Hall–Kier alpha value is -2.84. The van der Waals surface area contributed by atoms with E-state index < -0.39 is 12.0 Å². The molecule has 4 rings (SSSR count). The molecule has 1 aliphatic heterocycles. The van der Waals surface area contributed by atoms with Gasteiger partial charge in [-0.2, -0.15) is 0 Å². The van der Waals surface area contributed by atoms with Crippen LogP contribution in [0.25, 0.3) is 5.00 Å². The Balaban J connectivity index is 1.90. The highest BCUT2D eigenvalue weighted by atomic mass is 32.1. The number of nitrogens with two attached hydrogens (primary N) is 1. The quantitative estimate of drug-likeness (QED) is 0.631. The minimum Gasteiger partial charge on any atom is -0.481 e. The van der Waals surface area contributed by atoms with Crippen LogP contribution in [0.5, 0.6) is 0 Å². The van der Waals surface area contributed by atoms with Crippen molar-refractivity contribution in [2.75, 3.05) is 6.54 Å². The SMILES string of the molecule is Cc1sc2c(c1C)C(c1ccc(CCCN)cc1)=N[C@H](CC(=O)O)c1nnc(C)n1-2. The van der Waals surface area contributed by atoms with Crippen LogP contribution in [0.3, 0.4) is 0 Å². The number of aromatic nitrogens is 3. The summed E-state index contributed by atoms with van der Waals surface area (Å²) in [7, 11) is 0. The number of rotatable bonds is 6. The summed E-state index contributed by atoms with van der Waals surface area (Å²) in [5, 5.41) is 19.0. The molecule has 30 heavy (non-hydrogen) atoms. The van der Waals surface area contributed by atoms with Crippen LogP contribution < -0.4 is 5.73 Å². The van der Waals surface area contributed by atoms with Crippen molar-refractivity contribution in [1.29, 1.82) is 0 Å². The van der Waals surface area contributed by atoms with Crippen molar-refractivity contribution in [2.45, 2.75) is 46.1 Å². The number of aliphatic imine (C=N–C) groups is 1. The van der Waals surface area contributed by atoms with Gasteiger partial charge in [-0.1, -0.05) is 24.3 Å². The summed E-state index contributed by atoms with van der Waals surface area (Å²) in [5.74, 6) is 0.397. The van der Waals surface area contributed by atoms with Gasteiger partial charge in [-0.25, -0.2) is 0 Å². The number of nitrogens with zero attached hydrogens (tertiary/aromatic N) is 4. The molecular weight excluding hydrogens is 398 g/mol. The summed E-state index contributed by atoms with van der Waals surface area (Å²) in [5.41, 5.74) is 10.8. The highest BCUT2D eigenvalue weighted by Gasteiger charge is 2.32. The Bertz CT molecular complexity index is 1130. The van der Waals surface area contributed by atoms with E-state index in [0.717, 1.165) is 46.1 Å². The zero-order valence-electron chi connectivity index (χ0n) is 17.3. The van der Waals surface area contributed by atoms with Crippen LogP contribution in [0.4, 0.5) is 0 Å². The molecule has 0 fully saturated rings. The van der Waals surface area contributed by atoms with Crippen molar-refractivity contribution in [3.8, 4) is 5.00 Å². The lowest BCUT2D eigenvalue weighted by Gasteiger charge is -2.11. The molecule has 0 bridgehead atoms. The normalized spacial score (nSPS) is 15.3. The summed E-state index contributed by atoms with van der Waals surface area (Å²) in [6, 6.07) is 7.74. The van der Waals surface area contributed by atoms with Crippen LogP contribution in [0.15, 0.2) is 29.3 Å². The van der Waals surface area contributed by atoms with E-state index in [1.807, 2.05) is 11.5 Å². The number of carboxylic acid groups (broad SMARTS) is 1. The molecule has 0 amide bonds. The average molecular weight is 424 g/mol. The van der Waals surface area contributed by atoms with Crippen LogP contribution in [-0.2, 0) is 11.2 Å².